The molecule has 2 bridgehead atoms. The van der Waals surface area contributed by atoms with Crippen LogP contribution in [0.1, 0.15) is 18.5 Å². The maximum atomic E-state index is 4.42. The third-order valence-corrected chi connectivity index (χ3v) is 3.68. The van der Waals surface area contributed by atoms with E-state index in [4.69, 9.17) is 0 Å². The Kier molecular flexibility index (Phi) is 2.18. The van der Waals surface area contributed by atoms with E-state index in [0.717, 1.165) is 19.6 Å². The van der Waals surface area contributed by atoms with Gasteiger partial charge in [-0.05, 0) is 18.9 Å². The minimum atomic E-state index is 0.190. The van der Waals surface area contributed by atoms with Gasteiger partial charge in [-0.3, -0.25) is 0 Å². The van der Waals surface area contributed by atoms with Gasteiger partial charge in [-0.25, -0.2) is 9.97 Å². The minimum Gasteiger partial charge on any atom is -0.314 e. The number of rotatable bonds is 1. The van der Waals surface area contributed by atoms with E-state index in [9.17, 15) is 0 Å². The maximum Gasteiger partial charge on any atom is 0.115 e. The second-order valence-corrected chi connectivity index (χ2v) is 4.62. The highest BCUT2D eigenvalue weighted by atomic mass is 15.1. The van der Waals surface area contributed by atoms with Gasteiger partial charge in [0.2, 0.25) is 0 Å². The summed E-state index contributed by atoms with van der Waals surface area (Å²) in [5, 5.41) is 7.12. The first-order valence-electron chi connectivity index (χ1n) is 5.60. The van der Waals surface area contributed by atoms with E-state index in [1.807, 2.05) is 6.20 Å². The SMILES string of the molecule is c1cc(C23CCC(CNC2)NC3)ncn1. The lowest BCUT2D eigenvalue weighted by Gasteiger charge is -2.36. The molecule has 2 unspecified atom stereocenters. The molecule has 4 rings (SSSR count). The maximum absolute atomic E-state index is 4.42. The van der Waals surface area contributed by atoms with Crippen LogP contribution in [0.5, 0.6) is 0 Å². The van der Waals surface area contributed by atoms with E-state index in [-0.39, 0.29) is 5.41 Å². The number of nitrogens with zero attached hydrogens (tertiary/aromatic N) is 2. The summed E-state index contributed by atoms with van der Waals surface area (Å²) in [6, 6.07) is 2.71. The molecule has 1 aromatic rings. The lowest BCUT2D eigenvalue weighted by molar-refractivity contribution is 0.299. The third kappa shape index (κ3) is 1.54. The largest absolute Gasteiger partial charge is 0.314 e. The summed E-state index contributed by atoms with van der Waals surface area (Å²) < 4.78 is 0. The molecule has 0 amide bonds. The monoisotopic (exact) mass is 204 g/mol. The summed E-state index contributed by atoms with van der Waals surface area (Å²) in [5.41, 5.74) is 1.37. The lowest BCUT2D eigenvalue weighted by atomic mass is 9.77. The number of nitrogens with one attached hydrogen (secondary N) is 2. The standard InChI is InChI=1S/C11H16N4/c1-3-11(10-2-4-12-8-15-10)6-13-5-9(1)14-7-11/h2,4,8-9,13-14H,1,3,5-7H2. The van der Waals surface area contributed by atoms with Gasteiger partial charge < -0.3 is 10.6 Å². The highest BCUT2D eigenvalue weighted by Gasteiger charge is 2.40. The Morgan fingerprint density at radius 1 is 1.40 bits per heavy atom. The van der Waals surface area contributed by atoms with Crippen molar-refractivity contribution in [2.24, 2.45) is 0 Å². The summed E-state index contributed by atoms with van der Waals surface area (Å²) in [5.74, 6) is 0. The first-order valence-corrected chi connectivity index (χ1v) is 5.60. The molecule has 3 saturated heterocycles. The van der Waals surface area contributed by atoms with Crippen LogP contribution in [0.15, 0.2) is 18.6 Å². The Morgan fingerprint density at radius 2 is 2.40 bits per heavy atom. The number of hydrogen-bond donors (Lipinski definition) is 2. The van der Waals surface area contributed by atoms with E-state index in [1.165, 1.54) is 18.5 Å². The fourth-order valence-electron chi connectivity index (χ4n) is 2.71. The fraction of sp³-hybridized carbons (Fsp3) is 0.636. The first kappa shape index (κ1) is 9.24. The topological polar surface area (TPSA) is 49.8 Å². The van der Waals surface area contributed by atoms with E-state index in [0.29, 0.717) is 6.04 Å². The van der Waals surface area contributed by atoms with Gasteiger partial charge in [0.05, 0.1) is 5.69 Å². The van der Waals surface area contributed by atoms with Crippen molar-refractivity contribution in [1.82, 2.24) is 20.6 Å². The third-order valence-electron chi connectivity index (χ3n) is 3.68. The summed E-state index contributed by atoms with van der Waals surface area (Å²) in [7, 11) is 0. The highest BCUT2D eigenvalue weighted by Crippen LogP contribution is 2.32. The molecule has 2 atom stereocenters. The van der Waals surface area contributed by atoms with Gasteiger partial charge in [-0.15, -0.1) is 0 Å². The van der Waals surface area contributed by atoms with Crippen molar-refractivity contribution in [3.63, 3.8) is 0 Å². The molecule has 0 spiro atoms. The predicted molar refractivity (Wildman–Crippen MR) is 57.6 cm³/mol. The molecular formula is C11H16N4. The van der Waals surface area contributed by atoms with Crippen LogP contribution in [-0.4, -0.2) is 35.6 Å². The molecule has 0 saturated carbocycles. The van der Waals surface area contributed by atoms with Crippen LogP contribution in [0, 0.1) is 0 Å². The average molecular weight is 204 g/mol. The molecule has 4 heterocycles. The molecule has 4 nitrogen and oxygen atoms in total. The quantitative estimate of drug-likeness (QED) is 0.679. The van der Waals surface area contributed by atoms with Gasteiger partial charge in [0.25, 0.3) is 0 Å². The predicted octanol–water partition coefficient (Wildman–Crippen LogP) is 0.0696. The zero-order valence-corrected chi connectivity index (χ0v) is 8.74. The smallest absolute Gasteiger partial charge is 0.115 e. The summed E-state index contributed by atoms with van der Waals surface area (Å²) >= 11 is 0. The highest BCUT2D eigenvalue weighted by molar-refractivity contribution is 5.20. The first-order chi connectivity index (χ1) is 7.39. The Bertz CT molecular complexity index is 324. The number of piperidine rings is 1. The number of fused-ring (bicyclic) bond motifs is 4. The Labute approximate surface area is 89.5 Å². The van der Waals surface area contributed by atoms with Crippen molar-refractivity contribution in [2.75, 3.05) is 19.6 Å². The van der Waals surface area contributed by atoms with E-state index >= 15 is 0 Å². The van der Waals surface area contributed by atoms with Crippen LogP contribution >= 0.6 is 0 Å². The zero-order chi connectivity index (χ0) is 10.1. The molecule has 3 fully saturated rings. The van der Waals surface area contributed by atoms with Crippen LogP contribution in [0.2, 0.25) is 0 Å². The van der Waals surface area contributed by atoms with Gasteiger partial charge in [0, 0.05) is 37.3 Å². The van der Waals surface area contributed by atoms with Crippen LogP contribution < -0.4 is 10.6 Å². The van der Waals surface area contributed by atoms with Gasteiger partial charge in [-0.1, -0.05) is 0 Å². The Morgan fingerprint density at radius 3 is 3.13 bits per heavy atom. The van der Waals surface area contributed by atoms with Gasteiger partial charge in [-0.2, -0.15) is 0 Å². The van der Waals surface area contributed by atoms with Crippen molar-refractivity contribution in [3.8, 4) is 0 Å². The normalized spacial score (nSPS) is 35.1. The van der Waals surface area contributed by atoms with Gasteiger partial charge in [0.15, 0.2) is 0 Å². The van der Waals surface area contributed by atoms with Crippen molar-refractivity contribution >= 4 is 0 Å². The minimum absolute atomic E-state index is 0.190. The van der Waals surface area contributed by atoms with E-state index < -0.39 is 0 Å². The summed E-state index contributed by atoms with van der Waals surface area (Å²) in [6.45, 7) is 3.17. The second kappa shape index (κ2) is 3.54. The van der Waals surface area contributed by atoms with Crippen LogP contribution in [0.25, 0.3) is 0 Å². The average Bonchev–Trinajstić information content (AvgIpc) is 2.65. The summed E-state index contributed by atoms with van der Waals surface area (Å²) in [6.07, 6.45) is 5.97. The molecule has 3 aliphatic heterocycles. The van der Waals surface area contributed by atoms with Gasteiger partial charge in [0.1, 0.15) is 6.33 Å². The molecule has 0 aliphatic carbocycles. The van der Waals surface area contributed by atoms with Gasteiger partial charge >= 0.3 is 0 Å². The van der Waals surface area contributed by atoms with Crippen LogP contribution in [-0.2, 0) is 5.41 Å². The summed E-state index contributed by atoms with van der Waals surface area (Å²) in [4.78, 5) is 8.41. The Hall–Kier alpha value is -1.00. The number of hydrogen-bond acceptors (Lipinski definition) is 4. The molecule has 0 aromatic carbocycles. The van der Waals surface area contributed by atoms with Crippen molar-refractivity contribution in [2.45, 2.75) is 24.3 Å². The molecule has 2 N–H and O–H groups in total. The molecule has 0 radical (unpaired) electrons. The fourth-order valence-corrected chi connectivity index (χ4v) is 2.71. The Balaban J connectivity index is 1.95. The molecular weight excluding hydrogens is 188 g/mol. The van der Waals surface area contributed by atoms with Crippen molar-refractivity contribution in [1.29, 1.82) is 0 Å². The lowest BCUT2D eigenvalue weighted by Crippen LogP contribution is -2.48. The molecule has 15 heavy (non-hydrogen) atoms. The molecule has 80 valence electrons. The van der Waals surface area contributed by atoms with Crippen molar-refractivity contribution < 1.29 is 0 Å². The zero-order valence-electron chi connectivity index (χ0n) is 8.74. The van der Waals surface area contributed by atoms with E-state index in [1.54, 1.807) is 6.33 Å². The van der Waals surface area contributed by atoms with Crippen LogP contribution in [0.3, 0.4) is 0 Å². The number of aromatic nitrogens is 2. The molecule has 1 aromatic heterocycles. The molecule has 3 aliphatic rings. The second-order valence-electron chi connectivity index (χ2n) is 4.62. The van der Waals surface area contributed by atoms with Crippen LogP contribution in [0.4, 0.5) is 0 Å². The van der Waals surface area contributed by atoms with E-state index in [2.05, 4.69) is 26.7 Å². The molecule has 4 heteroatoms. The van der Waals surface area contributed by atoms with Crippen molar-refractivity contribution in [3.05, 3.63) is 24.3 Å².